The summed E-state index contributed by atoms with van der Waals surface area (Å²) in [7, 11) is 0. The maximum absolute atomic E-state index is 12.8. The summed E-state index contributed by atoms with van der Waals surface area (Å²) in [6.07, 6.45) is 1.89. The lowest BCUT2D eigenvalue weighted by molar-refractivity contribution is -0.118. The van der Waals surface area contributed by atoms with Gasteiger partial charge >= 0.3 is 6.61 Å². The molecule has 1 atom stereocenters. The monoisotopic (exact) mass is 429 g/mol. The number of benzene rings is 2. The van der Waals surface area contributed by atoms with Crippen LogP contribution in [0.1, 0.15) is 35.7 Å². The molecule has 164 valence electrons. The quantitative estimate of drug-likeness (QED) is 0.762. The van der Waals surface area contributed by atoms with Gasteiger partial charge in [-0.25, -0.2) is 0 Å². The van der Waals surface area contributed by atoms with Crippen LogP contribution in [0, 0.1) is 0 Å². The van der Waals surface area contributed by atoms with Crippen molar-refractivity contribution in [3.05, 3.63) is 53.6 Å². The van der Waals surface area contributed by atoms with Crippen molar-refractivity contribution in [2.24, 2.45) is 0 Å². The molecule has 31 heavy (non-hydrogen) atoms. The maximum atomic E-state index is 12.8. The minimum absolute atomic E-state index is 0.0816. The Labute approximate surface area is 179 Å². The van der Waals surface area contributed by atoms with E-state index in [-0.39, 0.29) is 23.6 Å². The van der Waals surface area contributed by atoms with E-state index >= 15 is 0 Å². The lowest BCUT2D eigenvalue weighted by Crippen LogP contribution is -2.37. The number of nitrogens with one attached hydrogen (secondary N) is 1. The molecule has 0 spiro atoms. The molecule has 1 N–H and O–H groups in total. The molecule has 2 heterocycles. The average molecular weight is 429 g/mol. The van der Waals surface area contributed by atoms with Crippen molar-refractivity contribution >= 4 is 23.2 Å². The molecular weight excluding hydrogens is 404 g/mol. The average Bonchev–Trinajstić information content (AvgIpc) is 3.39. The highest BCUT2D eigenvalue weighted by molar-refractivity contribution is 5.98. The molecule has 2 aliphatic rings. The smallest absolute Gasteiger partial charge is 0.387 e. The van der Waals surface area contributed by atoms with Crippen molar-refractivity contribution in [2.75, 3.05) is 29.4 Å². The first-order valence-electron chi connectivity index (χ1n) is 10.5. The molecule has 1 fully saturated rings. The number of alkyl halides is 2. The van der Waals surface area contributed by atoms with Crippen LogP contribution in [0.2, 0.25) is 0 Å². The Morgan fingerprint density at radius 3 is 2.74 bits per heavy atom. The van der Waals surface area contributed by atoms with E-state index < -0.39 is 6.61 Å². The van der Waals surface area contributed by atoms with Gasteiger partial charge in [-0.3, -0.25) is 9.59 Å². The van der Waals surface area contributed by atoms with E-state index in [0.717, 1.165) is 17.7 Å². The second-order valence-corrected chi connectivity index (χ2v) is 7.74. The number of rotatable bonds is 6. The van der Waals surface area contributed by atoms with E-state index in [1.165, 1.54) is 6.07 Å². The minimum Gasteiger partial charge on any atom is -0.433 e. The molecule has 0 bridgehead atoms. The van der Waals surface area contributed by atoms with Gasteiger partial charge in [0.1, 0.15) is 5.75 Å². The molecule has 0 saturated carbocycles. The van der Waals surface area contributed by atoms with Gasteiger partial charge in [-0.05, 0) is 48.7 Å². The molecule has 2 aromatic carbocycles. The Bertz CT molecular complexity index is 982. The molecule has 6 nitrogen and oxygen atoms in total. The van der Waals surface area contributed by atoms with Gasteiger partial charge in [0.25, 0.3) is 5.91 Å². The number of anilines is 2. The molecule has 8 heteroatoms. The Balaban J connectivity index is 1.40. The van der Waals surface area contributed by atoms with Gasteiger partial charge in [0.2, 0.25) is 5.91 Å². The van der Waals surface area contributed by atoms with Crippen LogP contribution in [0.15, 0.2) is 42.5 Å². The van der Waals surface area contributed by atoms with Crippen LogP contribution < -0.4 is 19.9 Å². The van der Waals surface area contributed by atoms with Crippen LogP contribution in [0.3, 0.4) is 0 Å². The summed E-state index contributed by atoms with van der Waals surface area (Å²) in [6.45, 7) is 0.740. The van der Waals surface area contributed by atoms with Gasteiger partial charge in [-0.2, -0.15) is 8.78 Å². The third-order valence-corrected chi connectivity index (χ3v) is 5.79. The van der Waals surface area contributed by atoms with Crippen molar-refractivity contribution in [1.29, 1.82) is 0 Å². The van der Waals surface area contributed by atoms with Gasteiger partial charge in [-0.15, -0.1) is 0 Å². The topological polar surface area (TPSA) is 61.9 Å². The first-order valence-corrected chi connectivity index (χ1v) is 10.5. The van der Waals surface area contributed by atoms with Crippen LogP contribution in [0.25, 0.3) is 0 Å². The number of halogens is 2. The summed E-state index contributed by atoms with van der Waals surface area (Å²) in [5, 5.41) is 3.04. The second kappa shape index (κ2) is 8.91. The van der Waals surface area contributed by atoms with Crippen molar-refractivity contribution in [1.82, 2.24) is 5.32 Å². The SMILES string of the molecule is CCC(=O)N1CCc2cc(C(=O)NC3CCN(c4ccccc4OC(F)F)C3)ccc21. The fourth-order valence-corrected chi connectivity index (χ4v) is 4.27. The molecule has 1 saturated heterocycles. The molecule has 2 aromatic rings. The van der Waals surface area contributed by atoms with E-state index in [1.807, 2.05) is 24.0 Å². The Kier molecular flexibility index (Phi) is 6.06. The van der Waals surface area contributed by atoms with Crippen molar-refractivity contribution < 1.29 is 23.1 Å². The summed E-state index contributed by atoms with van der Waals surface area (Å²) < 4.78 is 30.0. The molecule has 0 radical (unpaired) electrons. The van der Waals surface area contributed by atoms with Gasteiger partial charge in [-0.1, -0.05) is 19.1 Å². The lowest BCUT2D eigenvalue weighted by atomic mass is 10.1. The highest BCUT2D eigenvalue weighted by Gasteiger charge is 2.28. The molecule has 2 aliphatic heterocycles. The zero-order valence-corrected chi connectivity index (χ0v) is 17.3. The van der Waals surface area contributed by atoms with Crippen LogP contribution in [0.5, 0.6) is 5.75 Å². The Morgan fingerprint density at radius 1 is 1.16 bits per heavy atom. The van der Waals surface area contributed by atoms with E-state index in [0.29, 0.717) is 43.7 Å². The van der Waals surface area contributed by atoms with E-state index in [2.05, 4.69) is 10.1 Å². The summed E-state index contributed by atoms with van der Waals surface area (Å²) in [4.78, 5) is 28.6. The number of hydrogen-bond acceptors (Lipinski definition) is 4. The number of nitrogens with zero attached hydrogens (tertiary/aromatic N) is 2. The van der Waals surface area contributed by atoms with Crippen LogP contribution in [-0.2, 0) is 11.2 Å². The van der Waals surface area contributed by atoms with E-state index in [9.17, 15) is 18.4 Å². The minimum atomic E-state index is -2.89. The first-order chi connectivity index (χ1) is 15.0. The number of carbonyl (C=O) groups is 2. The number of carbonyl (C=O) groups excluding carboxylic acids is 2. The third kappa shape index (κ3) is 4.47. The highest BCUT2D eigenvalue weighted by Crippen LogP contribution is 2.32. The maximum Gasteiger partial charge on any atom is 0.387 e. The van der Waals surface area contributed by atoms with E-state index in [4.69, 9.17) is 0 Å². The Morgan fingerprint density at radius 2 is 1.97 bits per heavy atom. The van der Waals surface area contributed by atoms with Crippen LogP contribution >= 0.6 is 0 Å². The number of ether oxygens (including phenoxy) is 1. The number of para-hydroxylation sites is 2. The molecule has 1 unspecified atom stereocenters. The highest BCUT2D eigenvalue weighted by atomic mass is 19.3. The van der Waals surface area contributed by atoms with Crippen LogP contribution in [-0.4, -0.2) is 44.1 Å². The van der Waals surface area contributed by atoms with Gasteiger partial charge in [0, 0.05) is 43.3 Å². The normalized spacial score (nSPS) is 17.7. The second-order valence-electron chi connectivity index (χ2n) is 7.74. The number of amides is 2. The standard InChI is InChI=1S/C23H25F2N3O3/c1-2-21(29)28-12-9-15-13-16(7-8-18(15)28)22(30)26-17-10-11-27(14-17)19-5-3-4-6-20(19)31-23(24)25/h3-8,13,17,23H,2,9-12,14H2,1H3,(H,26,30). The number of hydrogen-bond donors (Lipinski definition) is 1. The van der Waals surface area contributed by atoms with Gasteiger partial charge < -0.3 is 19.9 Å². The first kappa shape index (κ1) is 21.1. The van der Waals surface area contributed by atoms with E-state index in [1.54, 1.807) is 29.2 Å². The predicted molar refractivity (Wildman–Crippen MR) is 114 cm³/mol. The summed E-state index contributed by atoms with van der Waals surface area (Å²) in [6, 6.07) is 12.0. The molecular formula is C23H25F2N3O3. The fraction of sp³-hybridized carbons (Fsp3) is 0.391. The lowest BCUT2D eigenvalue weighted by Gasteiger charge is -2.22. The fourth-order valence-electron chi connectivity index (χ4n) is 4.27. The van der Waals surface area contributed by atoms with Crippen molar-refractivity contribution in [3.63, 3.8) is 0 Å². The zero-order chi connectivity index (χ0) is 22.0. The summed E-state index contributed by atoms with van der Waals surface area (Å²) >= 11 is 0. The predicted octanol–water partition coefficient (Wildman–Crippen LogP) is 3.60. The molecule has 4 rings (SSSR count). The zero-order valence-electron chi connectivity index (χ0n) is 17.3. The van der Waals surface area contributed by atoms with Gasteiger partial charge in [0.15, 0.2) is 0 Å². The summed E-state index contributed by atoms with van der Waals surface area (Å²) in [5.74, 6) is 0.0411. The largest absolute Gasteiger partial charge is 0.433 e. The molecule has 2 amide bonds. The third-order valence-electron chi connectivity index (χ3n) is 5.79. The van der Waals surface area contributed by atoms with Crippen molar-refractivity contribution in [3.8, 4) is 5.75 Å². The van der Waals surface area contributed by atoms with Crippen molar-refractivity contribution in [2.45, 2.75) is 38.8 Å². The summed E-state index contributed by atoms with van der Waals surface area (Å²) in [5.41, 5.74) is 3.04. The Hall–Kier alpha value is -3.16. The number of fused-ring (bicyclic) bond motifs is 1. The van der Waals surface area contributed by atoms with Gasteiger partial charge in [0.05, 0.1) is 5.69 Å². The van der Waals surface area contributed by atoms with Crippen LogP contribution in [0.4, 0.5) is 20.2 Å². The molecule has 0 aliphatic carbocycles. The molecule has 0 aromatic heterocycles.